The van der Waals surface area contributed by atoms with Gasteiger partial charge in [0.2, 0.25) is 0 Å². The van der Waals surface area contributed by atoms with Crippen LogP contribution >= 0.6 is 23.8 Å². The van der Waals surface area contributed by atoms with Gasteiger partial charge in [0, 0.05) is 26.8 Å². The van der Waals surface area contributed by atoms with E-state index in [9.17, 15) is 4.79 Å². The molecule has 1 N–H and O–H groups in total. The van der Waals surface area contributed by atoms with Crippen molar-refractivity contribution in [3.05, 3.63) is 22.6 Å². The summed E-state index contributed by atoms with van der Waals surface area (Å²) in [6.45, 7) is 3.73. The van der Waals surface area contributed by atoms with Crippen LogP contribution in [0.5, 0.6) is 0 Å². The van der Waals surface area contributed by atoms with E-state index in [-0.39, 0.29) is 5.91 Å². The number of nitrogens with one attached hydrogen (secondary N) is 1. The van der Waals surface area contributed by atoms with Gasteiger partial charge < -0.3 is 10.1 Å². The highest BCUT2D eigenvalue weighted by molar-refractivity contribution is 7.80. The Morgan fingerprint density at radius 3 is 3.00 bits per heavy atom. The van der Waals surface area contributed by atoms with Gasteiger partial charge in [0.05, 0.1) is 16.9 Å². The Kier molecular flexibility index (Phi) is 5.33. The van der Waals surface area contributed by atoms with Gasteiger partial charge in [-0.3, -0.25) is 14.4 Å². The number of thiocarbonyl (C=S) groups is 1. The number of ether oxygens (including phenoxy) is 1. The zero-order chi connectivity index (χ0) is 15.4. The molecule has 0 aromatic carbocycles. The number of methoxy groups -OCH3 is 1. The van der Waals surface area contributed by atoms with Crippen LogP contribution in [0.25, 0.3) is 6.08 Å². The third-order valence-electron chi connectivity index (χ3n) is 3.11. The molecule has 8 heteroatoms. The molecule has 1 saturated heterocycles. The van der Waals surface area contributed by atoms with Gasteiger partial charge in [-0.25, -0.2) is 0 Å². The summed E-state index contributed by atoms with van der Waals surface area (Å²) in [6.07, 6.45) is 3.97. The summed E-state index contributed by atoms with van der Waals surface area (Å²) in [7, 11) is 1.63. The number of carbonyl (C=O) groups is 1. The average Bonchev–Trinajstić information content (AvgIpc) is 2.94. The first-order chi connectivity index (χ1) is 10.1. The van der Waals surface area contributed by atoms with E-state index in [4.69, 9.17) is 28.6 Å². The second kappa shape index (κ2) is 7.02. The first-order valence-electron chi connectivity index (χ1n) is 6.63. The fraction of sp³-hybridized carbons (Fsp3) is 0.462. The van der Waals surface area contributed by atoms with E-state index in [1.807, 2.05) is 6.92 Å². The number of halogens is 1. The van der Waals surface area contributed by atoms with Crippen LogP contribution < -0.4 is 5.32 Å². The molecule has 0 radical (unpaired) electrons. The molecule has 1 aliphatic heterocycles. The molecule has 1 aromatic rings. The molecule has 0 aliphatic carbocycles. The summed E-state index contributed by atoms with van der Waals surface area (Å²) < 4.78 is 6.71. The van der Waals surface area contributed by atoms with Gasteiger partial charge in [0.25, 0.3) is 5.91 Å². The van der Waals surface area contributed by atoms with Crippen LogP contribution in [0.15, 0.2) is 11.9 Å². The van der Waals surface area contributed by atoms with Gasteiger partial charge in [-0.1, -0.05) is 11.6 Å². The summed E-state index contributed by atoms with van der Waals surface area (Å²) in [6, 6.07) is 0. The van der Waals surface area contributed by atoms with Crippen molar-refractivity contribution in [2.75, 3.05) is 20.3 Å². The fourth-order valence-electron chi connectivity index (χ4n) is 2.05. The molecule has 1 fully saturated rings. The zero-order valence-corrected chi connectivity index (χ0v) is 13.5. The lowest BCUT2D eigenvalue weighted by Gasteiger charge is -2.12. The molecular formula is C13H17ClN4O2S. The van der Waals surface area contributed by atoms with Gasteiger partial charge in [0.1, 0.15) is 5.70 Å². The van der Waals surface area contributed by atoms with Crippen LogP contribution in [0.2, 0.25) is 5.02 Å². The molecule has 0 atom stereocenters. The lowest BCUT2D eigenvalue weighted by molar-refractivity contribution is -0.122. The van der Waals surface area contributed by atoms with Crippen LogP contribution in [0, 0.1) is 0 Å². The lowest BCUT2D eigenvalue weighted by Crippen LogP contribution is -2.32. The predicted octanol–water partition coefficient (Wildman–Crippen LogP) is 1.65. The summed E-state index contributed by atoms with van der Waals surface area (Å²) in [5, 5.41) is 7.97. The molecule has 1 aliphatic rings. The van der Waals surface area contributed by atoms with Gasteiger partial charge in [-0.05, 0) is 31.6 Å². The zero-order valence-electron chi connectivity index (χ0n) is 11.9. The second-order valence-electron chi connectivity index (χ2n) is 4.48. The van der Waals surface area contributed by atoms with Gasteiger partial charge >= 0.3 is 0 Å². The second-order valence-corrected chi connectivity index (χ2v) is 5.28. The first-order valence-corrected chi connectivity index (χ1v) is 7.41. The molecular weight excluding hydrogens is 312 g/mol. The largest absolute Gasteiger partial charge is 0.385 e. The topological polar surface area (TPSA) is 59.4 Å². The van der Waals surface area contributed by atoms with E-state index in [1.54, 1.807) is 24.1 Å². The van der Waals surface area contributed by atoms with E-state index < -0.39 is 0 Å². The monoisotopic (exact) mass is 328 g/mol. The lowest BCUT2D eigenvalue weighted by atomic mass is 10.3. The number of amides is 1. The maximum atomic E-state index is 12.3. The van der Waals surface area contributed by atoms with E-state index in [1.165, 1.54) is 4.90 Å². The normalized spacial score (nSPS) is 16.9. The number of aromatic nitrogens is 2. The summed E-state index contributed by atoms with van der Waals surface area (Å²) >= 11 is 11.3. The Labute approximate surface area is 133 Å². The molecule has 1 aromatic heterocycles. The Hall–Kier alpha value is -1.44. The Balaban J connectivity index is 2.18. The summed E-state index contributed by atoms with van der Waals surface area (Å²) in [5.74, 6) is -0.156. The molecule has 2 rings (SSSR count). The maximum absolute atomic E-state index is 12.3. The minimum atomic E-state index is -0.156. The number of rotatable bonds is 6. The average molecular weight is 329 g/mol. The molecule has 2 heterocycles. The Bertz CT molecular complexity index is 585. The van der Waals surface area contributed by atoms with E-state index in [0.717, 1.165) is 6.42 Å². The van der Waals surface area contributed by atoms with E-state index in [0.29, 0.717) is 41.2 Å². The van der Waals surface area contributed by atoms with Crippen molar-refractivity contribution in [3.8, 4) is 0 Å². The third kappa shape index (κ3) is 3.42. The van der Waals surface area contributed by atoms with Crippen molar-refractivity contribution >= 4 is 40.9 Å². The van der Waals surface area contributed by atoms with Crippen LogP contribution in [0.1, 0.15) is 19.0 Å². The molecule has 0 unspecified atom stereocenters. The van der Waals surface area contributed by atoms with Crippen molar-refractivity contribution in [2.24, 2.45) is 0 Å². The van der Waals surface area contributed by atoms with Crippen LogP contribution in [0.4, 0.5) is 0 Å². The minimum Gasteiger partial charge on any atom is -0.385 e. The van der Waals surface area contributed by atoms with Crippen LogP contribution in [0.3, 0.4) is 0 Å². The Morgan fingerprint density at radius 1 is 1.57 bits per heavy atom. The van der Waals surface area contributed by atoms with Crippen molar-refractivity contribution in [3.63, 3.8) is 0 Å². The maximum Gasteiger partial charge on any atom is 0.276 e. The minimum absolute atomic E-state index is 0.156. The van der Waals surface area contributed by atoms with Crippen molar-refractivity contribution in [2.45, 2.75) is 19.9 Å². The molecule has 0 spiro atoms. The highest BCUT2D eigenvalue weighted by Crippen LogP contribution is 2.20. The summed E-state index contributed by atoms with van der Waals surface area (Å²) in [4.78, 5) is 13.9. The van der Waals surface area contributed by atoms with Gasteiger partial charge in [-0.15, -0.1) is 0 Å². The quantitative estimate of drug-likeness (QED) is 0.489. The third-order valence-corrected chi connectivity index (χ3v) is 3.72. The highest BCUT2D eigenvalue weighted by Gasteiger charge is 2.30. The molecule has 21 heavy (non-hydrogen) atoms. The number of hydrogen-bond acceptors (Lipinski definition) is 4. The van der Waals surface area contributed by atoms with Gasteiger partial charge in [-0.2, -0.15) is 5.10 Å². The van der Waals surface area contributed by atoms with Crippen LogP contribution in [-0.2, 0) is 16.1 Å². The van der Waals surface area contributed by atoms with Crippen LogP contribution in [-0.4, -0.2) is 46.0 Å². The van der Waals surface area contributed by atoms with E-state index in [2.05, 4.69) is 10.4 Å². The van der Waals surface area contributed by atoms with Crippen molar-refractivity contribution < 1.29 is 9.53 Å². The molecule has 1 amide bonds. The fourth-order valence-corrected chi connectivity index (χ4v) is 2.53. The Morgan fingerprint density at radius 2 is 2.33 bits per heavy atom. The predicted molar refractivity (Wildman–Crippen MR) is 84.8 cm³/mol. The smallest absolute Gasteiger partial charge is 0.276 e. The number of aryl methyl sites for hydroxylation is 1. The molecule has 6 nitrogen and oxygen atoms in total. The van der Waals surface area contributed by atoms with Crippen molar-refractivity contribution in [1.82, 2.24) is 20.0 Å². The number of carbonyl (C=O) groups excluding carboxylic acids is 1. The molecule has 0 saturated carbocycles. The SMILES string of the molecule is CCn1ncc(Cl)c1/C=C1/NC(=S)N(CCCOC)C1=O. The first kappa shape index (κ1) is 15.9. The van der Waals surface area contributed by atoms with Gasteiger partial charge in [0.15, 0.2) is 5.11 Å². The summed E-state index contributed by atoms with van der Waals surface area (Å²) in [5.41, 5.74) is 1.10. The molecule has 0 bridgehead atoms. The molecule has 114 valence electrons. The number of hydrogen-bond donors (Lipinski definition) is 1. The highest BCUT2D eigenvalue weighted by atomic mass is 35.5. The number of nitrogens with zero attached hydrogens (tertiary/aromatic N) is 3. The standard InChI is InChI=1S/C13H17ClN4O2S/c1-3-18-11(9(14)8-15-18)7-10-12(19)17(13(21)16-10)5-4-6-20-2/h7-8H,3-6H2,1-2H3,(H,16,21)/b10-7+. The van der Waals surface area contributed by atoms with Crippen molar-refractivity contribution in [1.29, 1.82) is 0 Å². The van der Waals surface area contributed by atoms with E-state index >= 15 is 0 Å².